The Morgan fingerprint density at radius 3 is 2.32 bits per heavy atom. The fourth-order valence-corrected chi connectivity index (χ4v) is 3.23. The molecular weight excluding hydrogens is 317 g/mol. The highest BCUT2D eigenvalue weighted by Crippen LogP contribution is 2.39. The van der Waals surface area contributed by atoms with E-state index in [4.69, 9.17) is 27.9 Å². The normalized spacial score (nSPS) is 18.0. The minimum absolute atomic E-state index is 0.211. The second-order valence-electron chi connectivity index (χ2n) is 5.24. The van der Waals surface area contributed by atoms with E-state index < -0.39 is 0 Å². The molecule has 0 aromatic heterocycles. The molecule has 2 nitrogen and oxygen atoms in total. The summed E-state index contributed by atoms with van der Waals surface area (Å²) in [5.41, 5.74) is 2.27. The van der Waals surface area contributed by atoms with Crippen molar-refractivity contribution in [1.82, 2.24) is 0 Å². The van der Waals surface area contributed by atoms with Crippen molar-refractivity contribution in [1.29, 1.82) is 0 Å². The molecule has 0 saturated heterocycles. The van der Waals surface area contributed by atoms with Crippen LogP contribution < -0.4 is 9.64 Å². The number of hydrogen-bond acceptors (Lipinski definition) is 2. The van der Waals surface area contributed by atoms with Crippen LogP contribution in [0.4, 0.5) is 5.69 Å². The summed E-state index contributed by atoms with van der Waals surface area (Å²) in [7, 11) is 1.67. The SMILES string of the molecule is COc1ccc(N2C(Cl)=CCC[C@H]2c2ccc(Cl)cc2)cc1. The molecule has 0 bridgehead atoms. The number of halogens is 2. The number of rotatable bonds is 3. The Hall–Kier alpha value is -1.64. The van der Waals surface area contributed by atoms with Crippen LogP contribution in [0.15, 0.2) is 59.8 Å². The summed E-state index contributed by atoms with van der Waals surface area (Å²) in [5.74, 6) is 0.837. The highest BCUT2D eigenvalue weighted by atomic mass is 35.5. The van der Waals surface area contributed by atoms with Crippen molar-refractivity contribution < 1.29 is 4.74 Å². The Labute approximate surface area is 140 Å². The molecule has 4 heteroatoms. The van der Waals surface area contributed by atoms with Gasteiger partial charge in [0.25, 0.3) is 0 Å². The molecule has 22 heavy (non-hydrogen) atoms. The molecule has 0 spiro atoms. The van der Waals surface area contributed by atoms with Crippen molar-refractivity contribution in [3.63, 3.8) is 0 Å². The molecule has 0 fully saturated rings. The van der Waals surface area contributed by atoms with E-state index in [0.717, 1.165) is 34.5 Å². The van der Waals surface area contributed by atoms with E-state index >= 15 is 0 Å². The van der Waals surface area contributed by atoms with E-state index in [1.165, 1.54) is 5.56 Å². The number of nitrogens with zero attached hydrogens (tertiary/aromatic N) is 1. The van der Waals surface area contributed by atoms with Gasteiger partial charge in [0.2, 0.25) is 0 Å². The third-order valence-corrected chi connectivity index (χ3v) is 4.49. The molecule has 0 radical (unpaired) electrons. The average Bonchev–Trinajstić information content (AvgIpc) is 2.55. The van der Waals surface area contributed by atoms with E-state index in [-0.39, 0.29) is 6.04 Å². The second-order valence-corrected chi connectivity index (χ2v) is 6.06. The lowest BCUT2D eigenvalue weighted by molar-refractivity contribution is 0.415. The maximum atomic E-state index is 6.50. The third kappa shape index (κ3) is 3.08. The number of allylic oxidation sites excluding steroid dienone is 1. The van der Waals surface area contributed by atoms with Crippen molar-refractivity contribution in [2.75, 3.05) is 12.0 Å². The summed E-state index contributed by atoms with van der Waals surface area (Å²) in [4.78, 5) is 2.16. The summed E-state index contributed by atoms with van der Waals surface area (Å²) in [5, 5.41) is 1.51. The lowest BCUT2D eigenvalue weighted by Crippen LogP contribution is -2.28. The number of hydrogen-bond donors (Lipinski definition) is 0. The fraction of sp³-hybridized carbons (Fsp3) is 0.222. The van der Waals surface area contributed by atoms with Gasteiger partial charge in [-0.3, -0.25) is 0 Å². The molecule has 114 valence electrons. The molecule has 3 rings (SSSR count). The highest BCUT2D eigenvalue weighted by molar-refractivity contribution is 6.31. The van der Waals surface area contributed by atoms with E-state index in [9.17, 15) is 0 Å². The zero-order chi connectivity index (χ0) is 15.5. The van der Waals surface area contributed by atoms with Gasteiger partial charge >= 0.3 is 0 Å². The van der Waals surface area contributed by atoms with Gasteiger partial charge in [0, 0.05) is 10.7 Å². The summed E-state index contributed by atoms with van der Waals surface area (Å²) in [6, 6.07) is 16.2. The molecule has 0 unspecified atom stereocenters. The number of anilines is 1. The van der Waals surface area contributed by atoms with Crippen LogP contribution in [0.25, 0.3) is 0 Å². The minimum atomic E-state index is 0.211. The lowest BCUT2D eigenvalue weighted by atomic mass is 9.97. The largest absolute Gasteiger partial charge is 0.497 e. The van der Waals surface area contributed by atoms with Crippen molar-refractivity contribution >= 4 is 28.9 Å². The van der Waals surface area contributed by atoms with Crippen LogP contribution in [0.1, 0.15) is 24.4 Å². The molecule has 2 aromatic carbocycles. The summed E-state index contributed by atoms with van der Waals surface area (Å²) in [6.07, 6.45) is 4.06. The molecule has 1 heterocycles. The average molecular weight is 334 g/mol. The molecule has 0 amide bonds. The maximum Gasteiger partial charge on any atom is 0.119 e. The number of ether oxygens (including phenoxy) is 1. The van der Waals surface area contributed by atoms with Gasteiger partial charge in [-0.15, -0.1) is 0 Å². The topological polar surface area (TPSA) is 12.5 Å². The number of methoxy groups -OCH3 is 1. The van der Waals surface area contributed by atoms with Gasteiger partial charge in [0.1, 0.15) is 10.9 Å². The van der Waals surface area contributed by atoms with Crippen molar-refractivity contribution in [3.05, 3.63) is 70.3 Å². The predicted octanol–water partition coefficient (Wildman–Crippen LogP) is 5.77. The van der Waals surface area contributed by atoms with Crippen LogP contribution in [0.5, 0.6) is 5.75 Å². The number of benzene rings is 2. The molecular formula is C18H17Cl2NO. The first-order valence-corrected chi connectivity index (χ1v) is 7.99. The Kier molecular flexibility index (Phi) is 4.60. The molecule has 1 aliphatic heterocycles. The van der Waals surface area contributed by atoms with Crippen molar-refractivity contribution in [2.24, 2.45) is 0 Å². The fourth-order valence-electron chi connectivity index (χ4n) is 2.78. The van der Waals surface area contributed by atoms with E-state index in [1.807, 2.05) is 36.4 Å². The zero-order valence-corrected chi connectivity index (χ0v) is 13.8. The van der Waals surface area contributed by atoms with Gasteiger partial charge in [-0.25, -0.2) is 0 Å². The summed E-state index contributed by atoms with van der Waals surface area (Å²) < 4.78 is 5.23. The van der Waals surface area contributed by atoms with Crippen LogP contribution in [-0.4, -0.2) is 7.11 Å². The van der Waals surface area contributed by atoms with Crippen LogP contribution in [0.2, 0.25) is 5.02 Å². The van der Waals surface area contributed by atoms with E-state index in [0.29, 0.717) is 0 Å². The third-order valence-electron chi connectivity index (χ3n) is 3.90. The minimum Gasteiger partial charge on any atom is -0.497 e. The molecule has 2 aromatic rings. The predicted molar refractivity (Wildman–Crippen MR) is 92.8 cm³/mol. The van der Waals surface area contributed by atoms with Crippen molar-refractivity contribution in [3.8, 4) is 5.75 Å². The lowest BCUT2D eigenvalue weighted by Gasteiger charge is -2.36. The van der Waals surface area contributed by atoms with Crippen molar-refractivity contribution in [2.45, 2.75) is 18.9 Å². The maximum absolute atomic E-state index is 6.50. The Balaban J connectivity index is 1.97. The molecule has 1 aliphatic rings. The molecule has 0 N–H and O–H groups in total. The first-order chi connectivity index (χ1) is 10.7. The van der Waals surface area contributed by atoms with E-state index in [1.54, 1.807) is 7.11 Å². The second kappa shape index (κ2) is 6.64. The smallest absolute Gasteiger partial charge is 0.119 e. The standard InChI is InChI=1S/C18H17Cl2NO/c1-22-16-11-9-15(10-12-16)21-17(3-2-4-18(21)20)13-5-7-14(19)8-6-13/h4-12,17H,2-3H2,1H3/t17-/m0/s1. The zero-order valence-electron chi connectivity index (χ0n) is 12.3. The molecule has 0 aliphatic carbocycles. The van der Waals surface area contributed by atoms with Crippen LogP contribution >= 0.6 is 23.2 Å². The van der Waals surface area contributed by atoms with Crippen LogP contribution in [0, 0.1) is 0 Å². The van der Waals surface area contributed by atoms with Gasteiger partial charge < -0.3 is 9.64 Å². The first-order valence-electron chi connectivity index (χ1n) is 7.23. The molecule has 1 atom stereocenters. The van der Waals surface area contributed by atoms with Gasteiger partial charge in [0.15, 0.2) is 0 Å². The summed E-state index contributed by atoms with van der Waals surface area (Å²) in [6.45, 7) is 0. The van der Waals surface area contributed by atoms with E-state index in [2.05, 4.69) is 23.1 Å². The highest BCUT2D eigenvalue weighted by Gasteiger charge is 2.26. The Bertz CT molecular complexity index is 664. The first kappa shape index (κ1) is 15.3. The Morgan fingerprint density at radius 2 is 1.68 bits per heavy atom. The Morgan fingerprint density at radius 1 is 1.00 bits per heavy atom. The van der Waals surface area contributed by atoms with Gasteiger partial charge in [-0.1, -0.05) is 35.3 Å². The van der Waals surface area contributed by atoms with Gasteiger partial charge in [-0.05, 0) is 60.9 Å². The monoisotopic (exact) mass is 333 g/mol. The van der Waals surface area contributed by atoms with Gasteiger partial charge in [0.05, 0.1) is 13.2 Å². The molecule has 0 saturated carbocycles. The quantitative estimate of drug-likeness (QED) is 0.661. The van der Waals surface area contributed by atoms with Gasteiger partial charge in [-0.2, -0.15) is 0 Å². The summed E-state index contributed by atoms with van der Waals surface area (Å²) >= 11 is 12.5. The van der Waals surface area contributed by atoms with Crippen LogP contribution in [0.3, 0.4) is 0 Å². The van der Waals surface area contributed by atoms with Crippen LogP contribution in [-0.2, 0) is 0 Å².